The fraction of sp³-hybridized carbons (Fsp3) is 0.490. The molecule has 11 aliphatic heterocycles. The molecule has 19 N–H and O–H groups in total. The number of likely N-dealkylation sites (N-methyl/N-ethyl adjacent to an activating group) is 1. The zero-order valence-electron chi connectivity index (χ0n) is 79.9. The number of hydrogen-bond acceptors (Lipinski definition) is 33. The normalized spacial score (nSPS) is 26.5. The maximum absolute atomic E-state index is 17.4. The second-order valence-corrected chi connectivity index (χ2v) is 41.9. The third kappa shape index (κ3) is 23.1. The predicted molar refractivity (Wildman–Crippen MR) is 518 cm³/mol. The Morgan fingerprint density at radius 1 is 0.556 bits per heavy atom. The number of aliphatic carboxylic acids is 1. The minimum absolute atomic E-state index is 0.0817. The number of fused-ring (bicyclic) bond motifs is 14. The number of amides is 8. The number of nitrogens with zero attached hydrogens (tertiary/aromatic N) is 4. The number of unbranched alkanes of at least 4 members (excludes halogenated alkanes) is 5. The van der Waals surface area contributed by atoms with Crippen LogP contribution < -0.4 is 81.2 Å². The van der Waals surface area contributed by atoms with E-state index in [9.17, 15) is 65.8 Å². The van der Waals surface area contributed by atoms with Gasteiger partial charge in [0.05, 0.1) is 22.6 Å². The molecule has 5 fully saturated rings. The highest BCUT2D eigenvalue weighted by molar-refractivity contribution is 7.64. The Bertz CT molecular complexity index is 5860. The number of carbonyl (C=O) groups excluding carboxylic acids is 9. The predicted octanol–water partition coefficient (Wildman–Crippen LogP) is 5.47. The Balaban J connectivity index is 0.930. The molecule has 7 aromatic rings. The van der Waals surface area contributed by atoms with E-state index in [1.807, 2.05) is 4.90 Å². The number of carboxylic acid groups (broad SMARTS) is 1. The van der Waals surface area contributed by atoms with E-state index in [1.165, 1.54) is 67.7 Å². The third-order valence-electron chi connectivity index (χ3n) is 27.3. The minimum Gasteiger partial charge on any atom is -0.547 e. The standard InChI is InChI=1S/C100H122Cl2N13O28P/c1-50(2)19-10-8-6-7-9-11-20-73(120)106-82-85(123)87(125)90(98(134)135)142-99(82)141-89-70-43-55-44-71(89)138-66-30-25-54(41-62(66)101)83(121)81-97(133)110-79(92(128)104-31-18-32-112(4)5)60-45-56(117)46-68(139-100-88(126)86(124)84(122)72(49-116)140-100)74(60)59-40-52(23-28-64(59)118)77(94(130)111-81)107-95(131)78(55)108-96(132)80-61-47-58(48-69(75(61)102)143-144(113-33-12-13-34-113,114-35-14-15-36-114)115-37-16-17-38-115)137-67-42-53(24-29-65(67)119)76(103-3)93(129)105-63(91(127)109-80)39-51-21-26-57(136-70)27-22-51/h21-30,40-48,50,63,72,76-88,90,99-100,103,116,121-126H,6-20,31-39,49H2,1-5H3,(H11-,104,105,106,107,108,109,110,111,117,118,119,120,127,128,129,130,131,132,133,134,135)/t63-,72-,76+,77-,78-,79-,80+,81+,82-,83-,84-,85-,86+,87+,88+,90+,99-,100+/m1/s1. The lowest BCUT2D eigenvalue weighted by molar-refractivity contribution is -0.336. The lowest BCUT2D eigenvalue weighted by Crippen LogP contribution is -2.67. The Morgan fingerprint density at radius 3 is 1.82 bits per heavy atom. The number of carboxylic acids is 1. The molecule has 18 atom stereocenters. The third-order valence-corrected chi connectivity index (χ3v) is 31.8. The molecule has 5 saturated heterocycles. The Morgan fingerprint density at radius 2 is 1.17 bits per heavy atom. The first-order valence-electron chi connectivity index (χ1n) is 48.6. The van der Waals surface area contributed by atoms with Crippen molar-refractivity contribution in [1.29, 1.82) is 0 Å². The number of carbonyl (C=O) groups is 9. The SMILES string of the molecule is CN[C@@H]1C(=O)N[C@@H]2Cc3ccc(cc3)Oc3cc4cc(c3O[C@@H]3O[C@H](C(=O)[O-])[C@@H](O)[C@H](O)[C@H]3NC(=O)CCCCCCCCC(C)C)Oc3ccc(cc3Cl)[C@@H](O)[C@@H]3NC(=O)[C@H](NC(=O)[C@@H]4NC(=O)[C@@H](NC2=O)c2cc(cc(O[P+](N4CCCC4)(N4CCCC4)N4CCCC4)c2Cl)Oc2cc1ccc2O)c1ccc(O)c(c1)-c1c(O[C@H]2O[C@H](CO)[C@@H](O)[C@H](O)[C@@H]2O)cc(O)cc1[C@H](C(=O)NCCCN(C)C)NC3=O. The number of ether oxygens (including phenoxy) is 7. The van der Waals surface area contributed by atoms with Gasteiger partial charge in [-0.2, -0.15) is 0 Å². The van der Waals surface area contributed by atoms with Crippen LogP contribution in [0.15, 0.2) is 115 Å². The molecular formula is C100H122Cl2N13O28P. The quantitative estimate of drug-likeness (QED) is 0.0224. The van der Waals surface area contributed by atoms with Crippen LogP contribution in [0, 0.1) is 5.92 Å². The van der Waals surface area contributed by atoms with Gasteiger partial charge in [0.2, 0.25) is 71.3 Å². The molecule has 18 rings (SSSR count). The first-order valence-corrected chi connectivity index (χ1v) is 51.0. The Kier molecular flexibility index (Phi) is 33.6. The molecule has 774 valence electrons. The lowest BCUT2D eigenvalue weighted by Gasteiger charge is -2.43. The van der Waals surface area contributed by atoms with Gasteiger partial charge in [-0.05, 0) is 191 Å². The fourth-order valence-corrected chi connectivity index (χ4v) is 24.5. The van der Waals surface area contributed by atoms with Crippen LogP contribution in [0.2, 0.25) is 10.0 Å². The van der Waals surface area contributed by atoms with Gasteiger partial charge in [0, 0.05) is 87.5 Å². The van der Waals surface area contributed by atoms with Crippen molar-refractivity contribution in [2.24, 2.45) is 5.92 Å². The van der Waals surface area contributed by atoms with Crippen LogP contribution in [0.4, 0.5) is 0 Å². The van der Waals surface area contributed by atoms with Gasteiger partial charge >= 0.3 is 7.94 Å². The van der Waals surface area contributed by atoms with Gasteiger partial charge in [0.25, 0.3) is 0 Å². The van der Waals surface area contributed by atoms with Gasteiger partial charge in [-0.1, -0.05) is 106 Å². The molecular weight excluding hydrogens is 1930 g/mol. The summed E-state index contributed by atoms with van der Waals surface area (Å²) in [5.74, 6) is -16.3. The highest BCUT2D eigenvalue weighted by Crippen LogP contribution is 2.71. The number of aliphatic hydroxyl groups is 7. The van der Waals surface area contributed by atoms with Crippen molar-refractivity contribution >= 4 is 84.4 Å². The van der Waals surface area contributed by atoms with Crippen LogP contribution in [0.5, 0.6) is 69.0 Å². The van der Waals surface area contributed by atoms with E-state index in [2.05, 4.69) is 75.7 Å². The Hall–Kier alpha value is -11.6. The zero-order valence-corrected chi connectivity index (χ0v) is 82.3. The monoisotopic (exact) mass is 2050 g/mol. The van der Waals surface area contributed by atoms with Crippen LogP contribution in [0.1, 0.15) is 185 Å². The van der Waals surface area contributed by atoms with Crippen molar-refractivity contribution in [3.8, 4) is 80.1 Å². The van der Waals surface area contributed by atoms with E-state index in [-0.39, 0.29) is 64.1 Å². The molecule has 0 radical (unpaired) electrons. The van der Waals surface area contributed by atoms with Gasteiger partial charge in [-0.25, -0.2) is 0 Å². The van der Waals surface area contributed by atoms with Gasteiger partial charge in [0.15, 0.2) is 23.0 Å². The van der Waals surface area contributed by atoms with Crippen molar-refractivity contribution < 1.29 is 137 Å². The summed E-state index contributed by atoms with van der Waals surface area (Å²) in [7, 11) is 1.81. The summed E-state index contributed by atoms with van der Waals surface area (Å²) < 4.78 is 60.5. The van der Waals surface area contributed by atoms with Crippen molar-refractivity contribution in [3.63, 3.8) is 0 Å². The highest BCUT2D eigenvalue weighted by Gasteiger charge is 2.63. The van der Waals surface area contributed by atoms with Crippen LogP contribution >= 0.6 is 31.1 Å². The zero-order chi connectivity index (χ0) is 102. The smallest absolute Gasteiger partial charge is 0.417 e. The van der Waals surface area contributed by atoms with Crippen molar-refractivity contribution in [3.05, 3.63) is 164 Å². The maximum Gasteiger partial charge on any atom is 0.417 e. The number of aromatic hydroxyl groups is 3. The molecule has 0 spiro atoms. The molecule has 7 aromatic carbocycles. The average Bonchev–Trinajstić information content (AvgIpc) is 1.51. The summed E-state index contributed by atoms with van der Waals surface area (Å²) in [6, 6.07) is 7.24. The summed E-state index contributed by atoms with van der Waals surface area (Å²) >= 11 is 15.5. The molecule has 17 bridgehead atoms. The second-order valence-electron chi connectivity index (χ2n) is 38.2. The summed E-state index contributed by atoms with van der Waals surface area (Å²) in [6.07, 6.45) is -11.2. The van der Waals surface area contributed by atoms with Gasteiger partial charge < -0.3 is 147 Å². The van der Waals surface area contributed by atoms with Crippen LogP contribution in [-0.4, -0.2) is 277 Å². The summed E-state index contributed by atoms with van der Waals surface area (Å²) in [6.45, 7) is 7.30. The molecule has 11 aliphatic rings. The molecule has 0 aromatic heterocycles. The van der Waals surface area contributed by atoms with Crippen LogP contribution in [-0.2, 0) is 59.0 Å². The highest BCUT2D eigenvalue weighted by atomic mass is 35.5. The number of benzene rings is 7. The Labute approximate surface area is 840 Å². The van der Waals surface area contributed by atoms with E-state index in [0.29, 0.717) is 76.6 Å². The number of hydrogen-bond donors (Lipinski definition) is 19. The number of phenolic OH excluding ortho intramolecular Hbond substituents is 3. The molecule has 144 heavy (non-hydrogen) atoms. The first-order chi connectivity index (χ1) is 69.1. The van der Waals surface area contributed by atoms with E-state index < -0.39 is 256 Å². The molecule has 11 heterocycles. The molecule has 44 heteroatoms. The van der Waals surface area contributed by atoms with Gasteiger partial charge in [0.1, 0.15) is 132 Å². The number of aliphatic hydroxyl groups excluding tert-OH is 7. The maximum atomic E-state index is 17.4. The molecule has 0 saturated carbocycles. The van der Waals surface area contributed by atoms with Gasteiger partial charge in [-0.3, -0.25) is 42.9 Å². The number of phenols is 3. The lowest BCUT2D eigenvalue weighted by atomic mass is 9.89. The van der Waals surface area contributed by atoms with E-state index in [0.717, 1.165) is 125 Å². The topological polar surface area (TPSA) is 574 Å². The van der Waals surface area contributed by atoms with Crippen LogP contribution in [0.25, 0.3) is 11.1 Å². The number of halogens is 2. The largest absolute Gasteiger partial charge is 0.547 e. The molecule has 0 aliphatic carbocycles. The molecule has 8 amide bonds. The van der Waals surface area contributed by atoms with Crippen LogP contribution in [0.3, 0.4) is 0 Å². The second kappa shape index (κ2) is 46.0. The summed E-state index contributed by atoms with van der Waals surface area (Å²) in [5.41, 5.74) is -2.29. The number of nitrogens with one attached hydrogen (secondary N) is 9. The van der Waals surface area contributed by atoms with E-state index in [1.54, 1.807) is 14.1 Å². The minimum atomic E-state index is -3.22. The average molecular weight is 2060 g/mol. The summed E-state index contributed by atoms with van der Waals surface area (Å²) in [5, 5.41) is 155. The van der Waals surface area contributed by atoms with Crippen molar-refractivity contribution in [2.75, 3.05) is 80.1 Å². The molecule has 41 nitrogen and oxygen atoms in total. The van der Waals surface area contributed by atoms with Crippen molar-refractivity contribution in [2.45, 2.75) is 226 Å². The van der Waals surface area contributed by atoms with Crippen molar-refractivity contribution in [1.82, 2.24) is 66.8 Å². The first kappa shape index (κ1) is 105. The summed E-state index contributed by atoms with van der Waals surface area (Å²) in [4.78, 5) is 144. The van der Waals surface area contributed by atoms with E-state index in [4.69, 9.17) is 60.9 Å². The number of rotatable bonds is 27. The van der Waals surface area contributed by atoms with E-state index >= 15 is 33.6 Å². The fourth-order valence-electron chi connectivity index (χ4n) is 19.7. The van der Waals surface area contributed by atoms with Gasteiger partial charge in [-0.15, -0.1) is 14.0 Å². The molecule has 0 unspecified atom stereocenters.